The molecule has 2 aromatic heterocycles. The number of nitrogens with one attached hydrogen (secondary N) is 1. The number of benzene rings is 2. The Hall–Kier alpha value is -4.43. The summed E-state index contributed by atoms with van der Waals surface area (Å²) in [5.41, 5.74) is 1.38. The highest BCUT2D eigenvalue weighted by molar-refractivity contribution is 6.76. The zero-order chi connectivity index (χ0) is 29.6. The van der Waals surface area contributed by atoms with Crippen molar-refractivity contribution in [3.05, 3.63) is 83.3 Å². The summed E-state index contributed by atoms with van der Waals surface area (Å²) in [4.78, 5) is 27.7. The van der Waals surface area contributed by atoms with Gasteiger partial charge in [-0.2, -0.15) is 5.10 Å². The molecule has 2 aromatic carbocycles. The minimum Gasteiger partial charge on any atom is -0.465 e. The van der Waals surface area contributed by atoms with Gasteiger partial charge in [0.1, 0.15) is 25.2 Å². The van der Waals surface area contributed by atoms with E-state index in [1.165, 1.54) is 12.1 Å². The van der Waals surface area contributed by atoms with Crippen molar-refractivity contribution in [1.82, 2.24) is 34.4 Å². The topological polar surface area (TPSA) is 129 Å². The molecule has 0 fully saturated rings. The highest BCUT2D eigenvalue weighted by Crippen LogP contribution is 2.26. The van der Waals surface area contributed by atoms with Crippen LogP contribution in [0.25, 0.3) is 28.2 Å². The van der Waals surface area contributed by atoms with Crippen LogP contribution in [0.5, 0.6) is 0 Å². The predicted molar refractivity (Wildman–Crippen MR) is 152 cm³/mol. The van der Waals surface area contributed by atoms with Gasteiger partial charge in [0.15, 0.2) is 5.82 Å². The molecule has 0 bridgehead atoms. The fourth-order valence-corrected chi connectivity index (χ4v) is 4.60. The number of carbonyl (C=O) groups is 1. The summed E-state index contributed by atoms with van der Waals surface area (Å²) < 4.78 is 37.5. The van der Waals surface area contributed by atoms with Gasteiger partial charge in [0, 0.05) is 26.8 Å². The molecule has 0 saturated heterocycles. The van der Waals surface area contributed by atoms with E-state index in [-0.39, 0.29) is 30.7 Å². The molecular weight excluding hydrogens is 552 g/mol. The summed E-state index contributed by atoms with van der Waals surface area (Å²) in [6, 6.07) is 12.9. The lowest BCUT2D eigenvalue weighted by Gasteiger charge is -2.15. The van der Waals surface area contributed by atoms with Gasteiger partial charge >= 0.3 is 11.8 Å². The summed E-state index contributed by atoms with van der Waals surface area (Å²) in [5, 5.41) is 19.1. The van der Waals surface area contributed by atoms with Crippen molar-refractivity contribution in [1.29, 1.82) is 0 Å². The van der Waals surface area contributed by atoms with Gasteiger partial charge in [0.25, 0.3) is 0 Å². The molecule has 0 aliphatic rings. The van der Waals surface area contributed by atoms with E-state index in [4.69, 9.17) is 9.84 Å². The first-order chi connectivity index (χ1) is 19.5. The number of carboxylic acid groups (broad SMARTS) is 1. The normalized spacial score (nSPS) is 12.1. The van der Waals surface area contributed by atoms with Crippen LogP contribution in [0.2, 0.25) is 25.7 Å². The number of nitrogens with zero attached hydrogens (tertiary/aromatic N) is 6. The minimum atomic E-state index is -1.33. The molecule has 2 N–H and O–H groups in total. The summed E-state index contributed by atoms with van der Waals surface area (Å²) in [6.07, 6.45) is 1.62. The number of hydrogen-bond donors (Lipinski definition) is 2. The highest BCUT2D eigenvalue weighted by Gasteiger charge is 2.15. The second-order valence-corrected chi connectivity index (χ2v) is 16.2. The fourth-order valence-electron chi connectivity index (χ4n) is 3.84. The standard InChI is InChI=1S/C27H31F2N7O4Si/c1-41(2,3)11-10-40-18-34-16-31-25(33-34)21-6-4-20(5-7-21)22-8-9-24(23(29)12-22)35-17-32-36(27(35)39)15-19(13-28)14-30-26(37)38/h4-9,12-13,16-17,30H,10-11,14-15,18H2,1-3H3,(H,37,38)/b19-13+. The molecule has 0 saturated carbocycles. The van der Waals surface area contributed by atoms with Gasteiger partial charge in [0.05, 0.1) is 18.6 Å². The number of rotatable bonds is 12. The average Bonchev–Trinajstić information content (AvgIpc) is 3.55. The highest BCUT2D eigenvalue weighted by atomic mass is 28.3. The number of aromatic nitrogens is 6. The summed E-state index contributed by atoms with van der Waals surface area (Å²) >= 11 is 0. The Kier molecular flexibility index (Phi) is 9.24. The molecule has 216 valence electrons. The van der Waals surface area contributed by atoms with Crippen LogP contribution in [-0.4, -0.2) is 61.5 Å². The third-order valence-electron chi connectivity index (χ3n) is 6.15. The van der Waals surface area contributed by atoms with Gasteiger partial charge in [-0.15, -0.1) is 5.10 Å². The fraction of sp³-hybridized carbons (Fsp3) is 0.296. The average molecular weight is 584 g/mol. The molecule has 1 amide bonds. The molecule has 0 atom stereocenters. The zero-order valence-electron chi connectivity index (χ0n) is 22.9. The SMILES string of the molecule is C[Si](C)(C)CCOCn1cnc(-c2ccc(-c3ccc(-n4cnn(C/C(=C/F)CNC(=O)O)c4=O)c(F)c3)cc2)n1. The number of hydrogen-bond acceptors (Lipinski definition) is 6. The van der Waals surface area contributed by atoms with E-state index in [9.17, 15) is 14.0 Å². The Labute approximate surface area is 235 Å². The molecule has 0 unspecified atom stereocenters. The molecule has 0 aliphatic carbocycles. The van der Waals surface area contributed by atoms with Crippen molar-refractivity contribution in [2.75, 3.05) is 13.2 Å². The first-order valence-electron chi connectivity index (χ1n) is 12.8. The third kappa shape index (κ3) is 7.82. The molecule has 14 heteroatoms. The van der Waals surface area contributed by atoms with Gasteiger partial charge in [-0.1, -0.05) is 50.0 Å². The maximum absolute atomic E-state index is 15.1. The van der Waals surface area contributed by atoms with Gasteiger partial charge < -0.3 is 15.2 Å². The lowest BCUT2D eigenvalue weighted by atomic mass is 10.0. The van der Waals surface area contributed by atoms with E-state index in [0.29, 0.717) is 24.7 Å². The lowest BCUT2D eigenvalue weighted by Crippen LogP contribution is -2.29. The Morgan fingerprint density at radius 2 is 1.80 bits per heavy atom. The van der Waals surface area contributed by atoms with Crippen molar-refractivity contribution in [3.63, 3.8) is 0 Å². The molecule has 2 heterocycles. The van der Waals surface area contributed by atoms with Crippen molar-refractivity contribution in [3.8, 4) is 28.2 Å². The number of amides is 1. The van der Waals surface area contributed by atoms with E-state index in [1.807, 2.05) is 29.6 Å². The molecule has 0 aliphatic heterocycles. The maximum Gasteiger partial charge on any atom is 0.404 e. The van der Waals surface area contributed by atoms with Crippen LogP contribution in [0.1, 0.15) is 0 Å². The molecule has 0 spiro atoms. The number of halogens is 2. The Balaban J connectivity index is 1.43. The maximum atomic E-state index is 15.1. The Bertz CT molecular complexity index is 1590. The van der Waals surface area contributed by atoms with Gasteiger partial charge in [-0.3, -0.25) is 0 Å². The van der Waals surface area contributed by atoms with E-state index in [1.54, 1.807) is 17.1 Å². The first-order valence-corrected chi connectivity index (χ1v) is 16.5. The first kappa shape index (κ1) is 29.5. The number of ether oxygens (including phenoxy) is 1. The molecule has 41 heavy (non-hydrogen) atoms. The lowest BCUT2D eigenvalue weighted by molar-refractivity contribution is 0.0785. The smallest absolute Gasteiger partial charge is 0.404 e. The second kappa shape index (κ2) is 12.8. The summed E-state index contributed by atoms with van der Waals surface area (Å²) in [6.45, 7) is 7.29. The zero-order valence-corrected chi connectivity index (χ0v) is 23.9. The molecule has 0 radical (unpaired) electrons. The Morgan fingerprint density at radius 3 is 2.46 bits per heavy atom. The minimum absolute atomic E-state index is 0.0215. The van der Waals surface area contributed by atoms with Crippen molar-refractivity contribution < 1.29 is 23.4 Å². The third-order valence-corrected chi connectivity index (χ3v) is 7.85. The summed E-state index contributed by atoms with van der Waals surface area (Å²) in [7, 11) is -1.16. The van der Waals surface area contributed by atoms with Crippen molar-refractivity contribution >= 4 is 14.2 Å². The molecule has 4 rings (SSSR count). The largest absolute Gasteiger partial charge is 0.465 e. The molecule has 11 nitrogen and oxygen atoms in total. The quantitative estimate of drug-likeness (QED) is 0.185. The van der Waals surface area contributed by atoms with E-state index in [0.717, 1.165) is 32.7 Å². The van der Waals surface area contributed by atoms with Crippen LogP contribution in [0, 0.1) is 5.82 Å². The monoisotopic (exact) mass is 583 g/mol. The van der Waals surface area contributed by atoms with E-state index >= 15 is 4.39 Å². The van der Waals surface area contributed by atoms with Gasteiger partial charge in [-0.05, 0) is 34.9 Å². The van der Waals surface area contributed by atoms with Crippen molar-refractivity contribution in [2.24, 2.45) is 0 Å². The predicted octanol–water partition coefficient (Wildman–Crippen LogP) is 4.53. The van der Waals surface area contributed by atoms with E-state index < -0.39 is 25.7 Å². The van der Waals surface area contributed by atoms with E-state index in [2.05, 4.69) is 34.8 Å². The summed E-state index contributed by atoms with van der Waals surface area (Å²) in [5.74, 6) is -0.107. The van der Waals surface area contributed by atoms with Crippen LogP contribution >= 0.6 is 0 Å². The molecule has 4 aromatic rings. The van der Waals surface area contributed by atoms with Crippen LogP contribution in [0.3, 0.4) is 0 Å². The molecular formula is C27H31F2N7O4Si. The Morgan fingerprint density at radius 1 is 1.10 bits per heavy atom. The van der Waals surface area contributed by atoms with Gasteiger partial charge in [0.2, 0.25) is 0 Å². The van der Waals surface area contributed by atoms with Crippen LogP contribution in [0.4, 0.5) is 13.6 Å². The van der Waals surface area contributed by atoms with Crippen LogP contribution in [-0.2, 0) is 18.0 Å². The van der Waals surface area contributed by atoms with Crippen molar-refractivity contribution in [2.45, 2.75) is 39.0 Å². The second-order valence-electron chi connectivity index (χ2n) is 10.6. The van der Waals surface area contributed by atoms with Crippen LogP contribution < -0.4 is 11.0 Å². The van der Waals surface area contributed by atoms with Crippen LogP contribution in [0.15, 0.2) is 71.8 Å². The van der Waals surface area contributed by atoms with Gasteiger partial charge in [-0.25, -0.2) is 37.3 Å².